The maximum Gasteiger partial charge on any atom is -0.0454 e. The first-order valence-electron chi connectivity index (χ1n) is 9.38. The van der Waals surface area contributed by atoms with Crippen LogP contribution in [0.4, 0.5) is 0 Å². The van der Waals surface area contributed by atoms with Crippen molar-refractivity contribution in [1.29, 1.82) is 0 Å². The second-order valence-electron chi connectivity index (χ2n) is 6.90. The summed E-state index contributed by atoms with van der Waals surface area (Å²) < 4.78 is 1.08. The van der Waals surface area contributed by atoms with Gasteiger partial charge in [0, 0.05) is 18.3 Å². The van der Waals surface area contributed by atoms with Gasteiger partial charge < -0.3 is 13.5 Å². The monoisotopic (exact) mass is 602 g/mol. The van der Waals surface area contributed by atoms with E-state index in [0.29, 0.717) is 5.92 Å². The van der Waals surface area contributed by atoms with E-state index >= 15 is 0 Å². The van der Waals surface area contributed by atoms with Gasteiger partial charge in [-0.2, -0.15) is 18.2 Å². The summed E-state index contributed by atoms with van der Waals surface area (Å²) in [6, 6.07) is 25.5. The zero-order valence-corrected chi connectivity index (χ0v) is 22.8. The summed E-state index contributed by atoms with van der Waals surface area (Å²) >= 11 is 2.63. The van der Waals surface area contributed by atoms with E-state index in [9.17, 15) is 0 Å². The van der Waals surface area contributed by atoms with Gasteiger partial charge in [0.1, 0.15) is 0 Å². The largest absolute Gasteiger partial charge is 0.813 e. The van der Waals surface area contributed by atoms with Crippen LogP contribution in [0.5, 0.6) is 0 Å². The molecule has 31 heavy (non-hydrogen) atoms. The molecule has 3 aliphatic rings. The molecule has 0 N–H and O–H groups in total. The van der Waals surface area contributed by atoms with Crippen LogP contribution in [0.25, 0.3) is 17.2 Å². The zero-order valence-electron chi connectivity index (χ0n) is 16.3. The third-order valence-corrected chi connectivity index (χ3v) is 5.62. The fourth-order valence-electron chi connectivity index (χ4n) is 3.89. The van der Waals surface area contributed by atoms with Crippen molar-refractivity contribution >= 4 is 58.7 Å². The van der Waals surface area contributed by atoms with E-state index in [1.54, 1.807) is 0 Å². The van der Waals surface area contributed by atoms with Crippen LogP contribution in [-0.2, 0) is 40.8 Å². The van der Waals surface area contributed by atoms with E-state index in [-0.39, 0.29) is 13.5 Å². The average Bonchev–Trinajstić information content (AvgIpc) is 3.32. The van der Waals surface area contributed by atoms with Crippen molar-refractivity contribution in [2.45, 2.75) is 12.3 Å². The topological polar surface area (TPSA) is 12.4 Å². The molecule has 0 bridgehead atoms. The van der Waals surface area contributed by atoms with Crippen molar-refractivity contribution < 1.29 is 20.8 Å². The molecule has 0 aromatic heterocycles. The Morgan fingerprint density at radius 2 is 1.84 bits per heavy atom. The molecule has 3 aromatic carbocycles. The second kappa shape index (κ2) is 11.8. The maximum absolute atomic E-state index is 4.93. The zero-order chi connectivity index (χ0) is 20.9. The van der Waals surface area contributed by atoms with E-state index in [4.69, 9.17) is 17.0 Å². The first kappa shape index (κ1) is 24.7. The molecule has 156 valence electrons. The van der Waals surface area contributed by atoms with Gasteiger partial charge in [-0.05, 0) is 18.1 Å². The van der Waals surface area contributed by atoms with Gasteiger partial charge >= 0.3 is 37.9 Å². The van der Waals surface area contributed by atoms with Crippen LogP contribution in [0.2, 0.25) is 0 Å². The molecule has 0 radical (unpaired) electrons. The quantitative estimate of drug-likeness (QED) is 0.115. The molecule has 1 nitrogen and oxygen atoms in total. The van der Waals surface area contributed by atoms with Gasteiger partial charge in [0.15, 0.2) is 0 Å². The molecule has 0 fully saturated rings. The Balaban J connectivity index is 0.000000152. The first-order valence-corrected chi connectivity index (χ1v) is 16.5. The Morgan fingerprint density at radius 1 is 1.06 bits per heavy atom. The number of rotatable bonds is 0. The Labute approximate surface area is 217 Å². The molecule has 1 unspecified atom stereocenters. The van der Waals surface area contributed by atoms with Gasteiger partial charge in [-0.3, -0.25) is 4.99 Å². The number of benzene rings is 3. The number of halogens is 3. The van der Waals surface area contributed by atoms with Gasteiger partial charge in [0.05, 0.1) is 0 Å². The predicted molar refractivity (Wildman–Crippen MR) is 135 cm³/mol. The minimum absolute atomic E-state index is 0. The Kier molecular flexibility index (Phi) is 9.43. The van der Waals surface area contributed by atoms with E-state index < -0.39 is 20.8 Å². The Bertz CT molecular complexity index is 1120. The van der Waals surface area contributed by atoms with Gasteiger partial charge in [0.25, 0.3) is 0 Å². The van der Waals surface area contributed by atoms with Gasteiger partial charge in [-0.15, -0.1) is 68.5 Å². The number of hydrogen-bond acceptors (Lipinski definition) is 2. The van der Waals surface area contributed by atoms with Crippen LogP contribution in [0.1, 0.15) is 28.2 Å². The van der Waals surface area contributed by atoms with E-state index in [1.165, 1.54) is 39.0 Å². The van der Waals surface area contributed by atoms with Crippen LogP contribution in [0, 0.1) is 12.1 Å². The minimum atomic E-state index is -0.826. The second-order valence-corrected chi connectivity index (χ2v) is 11.5. The molecular weight excluding hydrogens is 588 g/mol. The molecule has 1 heterocycles. The third kappa shape index (κ3) is 5.73. The number of allylic oxidation sites excluding steroid dienone is 2. The minimum Gasteiger partial charge on any atom is -0.813 e. The molecular formula is C25H17BrCl2NSZr-3. The molecule has 2 aliphatic carbocycles. The molecule has 6 rings (SSSR count). The van der Waals surface area contributed by atoms with Crippen LogP contribution in [0.3, 0.4) is 0 Å². The molecule has 0 spiro atoms. The first-order chi connectivity index (χ1) is 14.7. The van der Waals surface area contributed by atoms with Crippen molar-refractivity contribution in [2.75, 3.05) is 0 Å². The number of nitrogens with zero attached hydrogens (tertiary/aromatic N) is 1. The van der Waals surface area contributed by atoms with E-state index in [2.05, 4.69) is 87.7 Å². The molecule has 0 saturated heterocycles. The number of aliphatic imine (C=N–C) groups is 1. The molecule has 6 heteroatoms. The molecule has 1 atom stereocenters. The summed E-state index contributed by atoms with van der Waals surface area (Å²) in [6.45, 7) is 0. The summed E-state index contributed by atoms with van der Waals surface area (Å²) in [6.07, 6.45) is 9.14. The molecule has 0 amide bonds. The normalized spacial score (nSPS) is 15.5. The van der Waals surface area contributed by atoms with Gasteiger partial charge in [-0.1, -0.05) is 39.9 Å². The predicted octanol–water partition coefficient (Wildman–Crippen LogP) is 7.49. The van der Waals surface area contributed by atoms with Gasteiger partial charge in [-0.25, -0.2) is 0 Å². The van der Waals surface area contributed by atoms with Crippen LogP contribution in [-0.4, -0.2) is 6.21 Å². The summed E-state index contributed by atoms with van der Waals surface area (Å²) in [5.41, 5.74) is 9.28. The summed E-state index contributed by atoms with van der Waals surface area (Å²) in [5, 5.41) is 0. The average molecular weight is 606 g/mol. The SMILES string of the molecule is Brc1c[c-]c2c(c1)C=C1C=CN=CC12.[Cl][Zr][Cl].[SH-].[c-]1cccc2c1-c1ccccc1C2. The molecule has 3 aromatic rings. The number of thiol groups is 1. The standard InChI is InChI=1S/C13H9.C12H7BrN.2ClH.H2S.Zr/c1-3-7-12-10(5-1)9-11-6-2-4-8-13(11)12;13-10-1-2-11-9(6-10)5-8-3-4-14-7-12(8)11;;;;/h1-7H,9H2;1,3-7,12H;2*1H;1H2;/q2*-1;;;;+2/p-3. The maximum atomic E-state index is 4.93. The number of fused-ring (bicyclic) bond motifs is 6. The fourth-order valence-corrected chi connectivity index (χ4v) is 4.25. The van der Waals surface area contributed by atoms with Crippen molar-refractivity contribution in [3.63, 3.8) is 0 Å². The fraction of sp³-hybridized carbons (Fsp3) is 0.0800. The van der Waals surface area contributed by atoms with E-state index in [0.717, 1.165) is 10.9 Å². The van der Waals surface area contributed by atoms with Gasteiger partial charge in [0.2, 0.25) is 0 Å². The molecule has 0 saturated carbocycles. The smallest absolute Gasteiger partial charge is 0.0454 e. The summed E-state index contributed by atoms with van der Waals surface area (Å²) in [4.78, 5) is 4.16. The third-order valence-electron chi connectivity index (χ3n) is 5.16. The van der Waals surface area contributed by atoms with Crippen molar-refractivity contribution in [3.8, 4) is 11.1 Å². The number of hydrogen-bond donors (Lipinski definition) is 0. The Morgan fingerprint density at radius 3 is 2.68 bits per heavy atom. The molecule has 1 aliphatic heterocycles. The van der Waals surface area contributed by atoms with Crippen LogP contribution < -0.4 is 0 Å². The Hall–Kier alpha value is -0.897. The van der Waals surface area contributed by atoms with E-state index in [1.807, 2.05) is 24.5 Å². The summed E-state index contributed by atoms with van der Waals surface area (Å²) in [5.74, 6) is 0.322. The van der Waals surface area contributed by atoms with Crippen molar-refractivity contribution in [3.05, 3.63) is 111 Å². The van der Waals surface area contributed by atoms with Crippen molar-refractivity contribution in [1.82, 2.24) is 0 Å². The van der Waals surface area contributed by atoms with Crippen LogP contribution in [0.15, 0.2) is 81.9 Å². The van der Waals surface area contributed by atoms with Crippen LogP contribution >= 0.6 is 33.0 Å². The summed E-state index contributed by atoms with van der Waals surface area (Å²) in [7, 11) is 9.87. The van der Waals surface area contributed by atoms with Crippen molar-refractivity contribution in [2.24, 2.45) is 4.99 Å².